The first-order valence-corrected chi connectivity index (χ1v) is 15.4. The monoisotopic (exact) mass is 572 g/mol. The molecule has 1 heterocycles. The topological polar surface area (TPSA) is 121 Å². The van der Waals surface area contributed by atoms with Crippen LogP contribution in [0.25, 0.3) is 0 Å². The SMILES string of the molecule is [3H]C1CC(OP(=O)(OCCC#N)OCCNCCC[Si]OC(C)(C(C)C)C(C)CC)C(CO[N]=[V])O1. The number of phosphoric acid groups is 1. The third-order valence-corrected chi connectivity index (χ3v) is 9.08. The summed E-state index contributed by atoms with van der Waals surface area (Å²) in [6.07, 6.45) is 0.940. The molecule has 1 saturated heterocycles. The van der Waals surface area contributed by atoms with E-state index in [1.165, 1.54) is 0 Å². The van der Waals surface area contributed by atoms with Gasteiger partial charge in [0.1, 0.15) is 0 Å². The van der Waals surface area contributed by atoms with Crippen LogP contribution in [-0.4, -0.2) is 67.1 Å². The van der Waals surface area contributed by atoms with Gasteiger partial charge in [0, 0.05) is 0 Å². The van der Waals surface area contributed by atoms with Crippen molar-refractivity contribution in [3.05, 3.63) is 0 Å². The molecular formula is C22H42N3O7PSiV. The van der Waals surface area contributed by atoms with Crippen LogP contribution in [-0.2, 0) is 49.4 Å². The molecule has 0 aliphatic carbocycles. The van der Waals surface area contributed by atoms with Crippen LogP contribution in [0.4, 0.5) is 0 Å². The molecule has 6 atom stereocenters. The van der Waals surface area contributed by atoms with Gasteiger partial charge in [-0.25, -0.2) is 0 Å². The summed E-state index contributed by atoms with van der Waals surface area (Å²) in [5.74, 6) is 0.954. The Kier molecular flexibility index (Phi) is 16.4. The fourth-order valence-electron chi connectivity index (χ4n) is 3.38. The van der Waals surface area contributed by atoms with E-state index in [2.05, 4.69) is 43.9 Å². The van der Waals surface area contributed by atoms with E-state index in [1.54, 1.807) is 0 Å². The van der Waals surface area contributed by atoms with E-state index >= 15 is 0 Å². The molecule has 1 aliphatic rings. The Hall–Kier alpha value is 0.0413. The molecule has 1 N–H and O–H groups in total. The van der Waals surface area contributed by atoms with Crippen molar-refractivity contribution in [2.75, 3.05) is 39.5 Å². The van der Waals surface area contributed by atoms with Crippen molar-refractivity contribution < 1.29 is 50.7 Å². The molecule has 13 heteroatoms. The number of ether oxygens (including phenoxy) is 1. The van der Waals surface area contributed by atoms with Crippen molar-refractivity contribution >= 4 is 17.6 Å². The van der Waals surface area contributed by atoms with Crippen LogP contribution in [0.2, 0.25) is 6.04 Å². The summed E-state index contributed by atoms with van der Waals surface area (Å²) in [4.78, 5) is 4.99. The molecule has 0 saturated carbocycles. The number of nitrogens with one attached hydrogen (secondary N) is 1. The van der Waals surface area contributed by atoms with Crippen molar-refractivity contribution in [2.45, 2.75) is 84.2 Å². The molecule has 35 heavy (non-hydrogen) atoms. The minimum atomic E-state index is -3.96. The van der Waals surface area contributed by atoms with Crippen LogP contribution in [0.1, 0.15) is 61.7 Å². The molecule has 0 bridgehead atoms. The summed E-state index contributed by atoms with van der Waals surface area (Å²) in [7, 11) is -3.52. The molecule has 1 fully saturated rings. The van der Waals surface area contributed by atoms with E-state index in [4.69, 9.17) is 34.2 Å². The number of hydrogen-bond acceptors (Lipinski definition) is 10. The number of nitriles is 1. The Morgan fingerprint density at radius 2 is 2.11 bits per heavy atom. The van der Waals surface area contributed by atoms with Gasteiger partial charge in [-0.2, -0.15) is 0 Å². The summed E-state index contributed by atoms with van der Waals surface area (Å²) in [6.45, 7) is 11.5. The zero-order chi connectivity index (χ0) is 27.0. The van der Waals surface area contributed by atoms with Crippen LogP contribution in [0.5, 0.6) is 0 Å². The molecule has 10 nitrogen and oxygen atoms in total. The van der Waals surface area contributed by atoms with E-state index in [0.29, 0.717) is 28.1 Å². The van der Waals surface area contributed by atoms with Crippen molar-refractivity contribution in [1.82, 2.24) is 5.32 Å². The Balaban J connectivity index is 2.41. The van der Waals surface area contributed by atoms with Crippen LogP contribution >= 0.6 is 7.82 Å². The Morgan fingerprint density at radius 1 is 1.37 bits per heavy atom. The van der Waals surface area contributed by atoms with Gasteiger partial charge < -0.3 is 4.43 Å². The number of phosphoric ester groups is 1. The molecule has 6 unspecified atom stereocenters. The van der Waals surface area contributed by atoms with E-state index in [1.807, 2.05) is 23.3 Å². The summed E-state index contributed by atoms with van der Waals surface area (Å²) >= 11 is 1.92. The quantitative estimate of drug-likeness (QED) is 0.0925. The summed E-state index contributed by atoms with van der Waals surface area (Å²) < 4.78 is 52.7. The van der Waals surface area contributed by atoms with Crippen molar-refractivity contribution in [3.63, 3.8) is 0 Å². The van der Waals surface area contributed by atoms with Gasteiger partial charge in [-0.15, -0.1) is 0 Å². The van der Waals surface area contributed by atoms with Gasteiger partial charge in [-0.3, -0.25) is 0 Å². The first-order valence-electron chi connectivity index (χ1n) is 12.8. The summed E-state index contributed by atoms with van der Waals surface area (Å²) in [5.41, 5.74) is -0.110. The molecule has 0 aromatic carbocycles. The second-order valence-corrected chi connectivity index (χ2v) is 11.7. The van der Waals surface area contributed by atoms with Gasteiger partial charge in [0.05, 0.1) is 5.60 Å². The summed E-state index contributed by atoms with van der Waals surface area (Å²) in [5, 5.41) is 12.0. The van der Waals surface area contributed by atoms with Gasteiger partial charge in [-0.1, -0.05) is 34.1 Å². The van der Waals surface area contributed by atoms with Gasteiger partial charge in [0.2, 0.25) is 9.76 Å². The van der Waals surface area contributed by atoms with Crippen LogP contribution < -0.4 is 5.32 Å². The van der Waals surface area contributed by atoms with E-state index in [9.17, 15) is 4.57 Å². The molecule has 2 radical (unpaired) electrons. The van der Waals surface area contributed by atoms with Gasteiger partial charge >= 0.3 is 139 Å². The number of rotatable bonds is 21. The minimum absolute atomic E-state index is 0.0477. The zero-order valence-electron chi connectivity index (χ0n) is 22.6. The third kappa shape index (κ3) is 12.4. The second kappa shape index (κ2) is 18.3. The van der Waals surface area contributed by atoms with Crippen molar-refractivity contribution in [2.24, 2.45) is 15.8 Å². The summed E-state index contributed by atoms with van der Waals surface area (Å²) in [6, 6.07) is 2.90. The van der Waals surface area contributed by atoms with E-state index < -0.39 is 26.6 Å². The fourth-order valence-corrected chi connectivity index (χ4v) is 6.04. The van der Waals surface area contributed by atoms with Gasteiger partial charge in [-0.05, 0) is 31.2 Å². The average molecular weight is 573 g/mol. The zero-order valence-corrected chi connectivity index (χ0v) is 24.9. The predicted molar refractivity (Wildman–Crippen MR) is 129 cm³/mol. The van der Waals surface area contributed by atoms with Crippen molar-refractivity contribution in [1.29, 1.82) is 5.26 Å². The second-order valence-electron chi connectivity index (χ2n) is 8.87. The first kappa shape index (κ1) is 31.3. The Morgan fingerprint density at radius 3 is 2.77 bits per heavy atom. The predicted octanol–water partition coefficient (Wildman–Crippen LogP) is 4.37. The average Bonchev–Trinajstić information content (AvgIpc) is 3.18. The van der Waals surface area contributed by atoms with E-state index in [-0.39, 0.29) is 38.3 Å². The maximum atomic E-state index is 13.2. The van der Waals surface area contributed by atoms with Gasteiger partial charge in [0.25, 0.3) is 0 Å². The van der Waals surface area contributed by atoms with Crippen LogP contribution in [0.3, 0.4) is 0 Å². The molecule has 1 rings (SSSR count). The fraction of sp³-hybridized carbons (Fsp3) is 0.955. The number of hydrogen-bond donors (Lipinski definition) is 1. The number of nitrogens with zero attached hydrogens (tertiary/aromatic N) is 2. The normalized spacial score (nSPS) is 24.9. The molecule has 201 valence electrons. The Bertz CT molecular complexity index is 724. The molecular weight excluding hydrogens is 528 g/mol. The standard InChI is InChI=1S/C22H42N3O7PSi.V/c1-6-19(4)22(5,18(2)3)32-34-16-8-11-25-12-15-30-33(26,29-13-7-10-23)31-20-9-14-27-21(20)17-28-24;/h18-21,25H,6-9,11-17H2,1-5H3;/i14T;. The molecule has 0 spiro atoms. The maximum absolute atomic E-state index is 13.2. The third-order valence-electron chi connectivity index (χ3n) is 6.23. The molecule has 1 aliphatic heterocycles. The Labute approximate surface area is 224 Å². The molecule has 0 aromatic heterocycles. The molecule has 0 amide bonds. The van der Waals surface area contributed by atoms with Crippen molar-refractivity contribution in [3.8, 4) is 6.07 Å². The van der Waals surface area contributed by atoms with E-state index in [0.717, 1.165) is 25.4 Å². The van der Waals surface area contributed by atoms with Gasteiger partial charge in [0.15, 0.2) is 0 Å². The van der Waals surface area contributed by atoms with Crippen LogP contribution in [0, 0.1) is 23.2 Å². The molecule has 0 aromatic rings. The first-order chi connectivity index (χ1) is 17.1. The van der Waals surface area contributed by atoms with Crippen LogP contribution in [0.15, 0.2) is 3.95 Å².